The van der Waals surface area contributed by atoms with Crippen LogP contribution in [0.15, 0.2) is 0 Å². The molecular weight excluding hydrogens is 236 g/mol. The van der Waals surface area contributed by atoms with Crippen molar-refractivity contribution in [1.82, 2.24) is 10.0 Å². The first kappa shape index (κ1) is 14.9. The highest BCUT2D eigenvalue weighted by Gasteiger charge is 2.23. The van der Waals surface area contributed by atoms with Crippen LogP contribution in [0, 0.1) is 11.8 Å². The first-order valence-electron chi connectivity index (χ1n) is 6.63. The lowest BCUT2D eigenvalue weighted by Crippen LogP contribution is -2.40. The molecule has 1 aliphatic carbocycles. The molecule has 102 valence electrons. The summed E-state index contributed by atoms with van der Waals surface area (Å²) in [5.74, 6) is 1.68. The molecule has 5 heteroatoms. The van der Waals surface area contributed by atoms with Crippen LogP contribution in [0.3, 0.4) is 0 Å². The maximum Gasteiger partial charge on any atom is 0.212 e. The van der Waals surface area contributed by atoms with Gasteiger partial charge in [-0.25, -0.2) is 13.1 Å². The molecule has 0 saturated heterocycles. The van der Waals surface area contributed by atoms with Crippen LogP contribution >= 0.6 is 0 Å². The summed E-state index contributed by atoms with van der Waals surface area (Å²) in [6, 6.07) is 0.491. The lowest BCUT2D eigenvalue weighted by Gasteiger charge is -2.32. The lowest BCUT2D eigenvalue weighted by atomic mass is 9.80. The van der Waals surface area contributed by atoms with Crippen LogP contribution in [0.5, 0.6) is 0 Å². The van der Waals surface area contributed by atoms with E-state index in [1.54, 1.807) is 6.92 Å². The van der Waals surface area contributed by atoms with Crippen LogP contribution in [0.2, 0.25) is 0 Å². The van der Waals surface area contributed by atoms with Crippen molar-refractivity contribution >= 4 is 10.0 Å². The SMILES string of the molecule is CCNS(=O)(=O)CCNC1CC(C)CC(C)C1. The molecule has 17 heavy (non-hydrogen) atoms. The van der Waals surface area contributed by atoms with E-state index in [2.05, 4.69) is 23.9 Å². The first-order chi connectivity index (χ1) is 7.93. The van der Waals surface area contributed by atoms with Crippen LogP contribution in [0.1, 0.15) is 40.0 Å². The molecule has 4 nitrogen and oxygen atoms in total. The fourth-order valence-corrected chi connectivity index (χ4v) is 3.77. The molecule has 0 aliphatic heterocycles. The zero-order valence-electron chi connectivity index (χ0n) is 11.2. The number of nitrogens with one attached hydrogen (secondary N) is 2. The van der Waals surface area contributed by atoms with Crippen LogP contribution in [0.25, 0.3) is 0 Å². The molecule has 0 radical (unpaired) electrons. The van der Waals surface area contributed by atoms with E-state index in [-0.39, 0.29) is 5.75 Å². The summed E-state index contributed by atoms with van der Waals surface area (Å²) in [5, 5.41) is 3.38. The molecule has 0 aromatic rings. The Hall–Kier alpha value is -0.130. The van der Waals surface area contributed by atoms with Crippen molar-refractivity contribution in [2.75, 3.05) is 18.8 Å². The molecule has 0 aromatic heterocycles. The number of sulfonamides is 1. The van der Waals surface area contributed by atoms with Crippen LogP contribution < -0.4 is 10.0 Å². The van der Waals surface area contributed by atoms with Gasteiger partial charge in [0.15, 0.2) is 0 Å². The van der Waals surface area contributed by atoms with Gasteiger partial charge in [0.05, 0.1) is 5.75 Å². The summed E-state index contributed by atoms with van der Waals surface area (Å²) in [5.41, 5.74) is 0. The Kier molecular flexibility index (Phi) is 5.89. The molecule has 0 spiro atoms. The molecule has 2 atom stereocenters. The number of hydrogen-bond acceptors (Lipinski definition) is 3. The summed E-state index contributed by atoms with van der Waals surface area (Å²) in [6.07, 6.45) is 3.64. The summed E-state index contributed by atoms with van der Waals surface area (Å²) in [4.78, 5) is 0. The van der Waals surface area contributed by atoms with Crippen molar-refractivity contribution in [3.8, 4) is 0 Å². The second kappa shape index (κ2) is 6.71. The van der Waals surface area contributed by atoms with Gasteiger partial charge in [-0.05, 0) is 31.1 Å². The van der Waals surface area contributed by atoms with Gasteiger partial charge in [0.2, 0.25) is 10.0 Å². The van der Waals surface area contributed by atoms with Gasteiger partial charge in [-0.1, -0.05) is 20.8 Å². The Morgan fingerprint density at radius 3 is 2.24 bits per heavy atom. The van der Waals surface area contributed by atoms with Crippen molar-refractivity contribution < 1.29 is 8.42 Å². The van der Waals surface area contributed by atoms with E-state index in [1.807, 2.05) is 0 Å². The van der Waals surface area contributed by atoms with Crippen molar-refractivity contribution in [3.63, 3.8) is 0 Å². The fraction of sp³-hybridized carbons (Fsp3) is 1.00. The Morgan fingerprint density at radius 1 is 1.12 bits per heavy atom. The molecule has 2 unspecified atom stereocenters. The predicted molar refractivity (Wildman–Crippen MR) is 71.4 cm³/mol. The second-order valence-electron chi connectivity index (χ2n) is 5.39. The standard InChI is InChI=1S/C12H26N2O2S/c1-4-14-17(15,16)6-5-13-12-8-10(2)7-11(3)9-12/h10-14H,4-9H2,1-3H3. The highest BCUT2D eigenvalue weighted by atomic mass is 32.2. The second-order valence-corrected chi connectivity index (χ2v) is 7.31. The monoisotopic (exact) mass is 262 g/mol. The number of hydrogen-bond donors (Lipinski definition) is 2. The normalized spacial score (nSPS) is 30.4. The van der Waals surface area contributed by atoms with Crippen LogP contribution in [-0.4, -0.2) is 33.3 Å². The summed E-state index contributed by atoms with van der Waals surface area (Å²) in [6.45, 7) is 7.38. The predicted octanol–water partition coefficient (Wildman–Crippen LogP) is 1.34. The minimum Gasteiger partial charge on any atom is -0.313 e. The van der Waals surface area contributed by atoms with Gasteiger partial charge < -0.3 is 5.32 Å². The Morgan fingerprint density at radius 2 is 1.71 bits per heavy atom. The largest absolute Gasteiger partial charge is 0.313 e. The third kappa shape index (κ3) is 5.84. The van der Waals surface area contributed by atoms with Gasteiger partial charge in [0.25, 0.3) is 0 Å². The van der Waals surface area contributed by atoms with Gasteiger partial charge >= 0.3 is 0 Å². The maximum atomic E-state index is 11.4. The van der Waals surface area contributed by atoms with E-state index in [0.29, 0.717) is 19.1 Å². The van der Waals surface area contributed by atoms with Crippen LogP contribution in [-0.2, 0) is 10.0 Å². The molecule has 0 amide bonds. The van der Waals surface area contributed by atoms with Gasteiger partial charge in [0.1, 0.15) is 0 Å². The molecule has 2 N–H and O–H groups in total. The van der Waals surface area contributed by atoms with Gasteiger partial charge in [-0.3, -0.25) is 0 Å². The maximum absolute atomic E-state index is 11.4. The highest BCUT2D eigenvalue weighted by Crippen LogP contribution is 2.28. The lowest BCUT2D eigenvalue weighted by molar-refractivity contribution is 0.241. The molecule has 1 saturated carbocycles. The van der Waals surface area contributed by atoms with Crippen molar-refractivity contribution in [1.29, 1.82) is 0 Å². The zero-order valence-corrected chi connectivity index (χ0v) is 12.0. The molecular formula is C12H26N2O2S. The van der Waals surface area contributed by atoms with Gasteiger partial charge in [-0.15, -0.1) is 0 Å². The third-order valence-electron chi connectivity index (χ3n) is 3.35. The smallest absolute Gasteiger partial charge is 0.212 e. The van der Waals surface area contributed by atoms with E-state index in [9.17, 15) is 8.42 Å². The van der Waals surface area contributed by atoms with Gasteiger partial charge in [-0.2, -0.15) is 0 Å². The topological polar surface area (TPSA) is 58.2 Å². The molecule has 1 aliphatic rings. The van der Waals surface area contributed by atoms with E-state index >= 15 is 0 Å². The Labute approximate surface area is 106 Å². The Balaban J connectivity index is 2.26. The molecule has 1 rings (SSSR count). The molecule has 0 aromatic carbocycles. The van der Waals surface area contributed by atoms with Crippen LogP contribution in [0.4, 0.5) is 0 Å². The van der Waals surface area contributed by atoms with Gasteiger partial charge in [0, 0.05) is 19.1 Å². The summed E-state index contributed by atoms with van der Waals surface area (Å²) < 4.78 is 25.4. The van der Waals surface area contributed by atoms with E-state index in [1.165, 1.54) is 19.3 Å². The number of rotatable bonds is 6. The Bertz CT molecular complexity index is 306. The van der Waals surface area contributed by atoms with Crippen molar-refractivity contribution in [3.05, 3.63) is 0 Å². The fourth-order valence-electron chi connectivity index (χ4n) is 2.80. The molecule has 0 bridgehead atoms. The van der Waals surface area contributed by atoms with E-state index in [4.69, 9.17) is 0 Å². The minimum absolute atomic E-state index is 0.181. The van der Waals surface area contributed by atoms with E-state index in [0.717, 1.165) is 11.8 Å². The third-order valence-corrected chi connectivity index (χ3v) is 4.82. The average molecular weight is 262 g/mol. The molecule has 0 heterocycles. The van der Waals surface area contributed by atoms with E-state index < -0.39 is 10.0 Å². The minimum atomic E-state index is -3.07. The average Bonchev–Trinajstić information content (AvgIpc) is 2.15. The quantitative estimate of drug-likeness (QED) is 0.759. The highest BCUT2D eigenvalue weighted by molar-refractivity contribution is 7.89. The summed E-state index contributed by atoms with van der Waals surface area (Å²) in [7, 11) is -3.07. The summed E-state index contributed by atoms with van der Waals surface area (Å²) >= 11 is 0. The van der Waals surface area contributed by atoms with Crippen molar-refractivity contribution in [2.24, 2.45) is 11.8 Å². The zero-order chi connectivity index (χ0) is 12.9. The van der Waals surface area contributed by atoms with Crippen molar-refractivity contribution in [2.45, 2.75) is 46.1 Å². The first-order valence-corrected chi connectivity index (χ1v) is 8.29. The molecule has 1 fully saturated rings.